The number of nitrogens with one attached hydrogen (secondary N) is 1. The molecule has 3 rings (SSSR count). The molecule has 6 nitrogen and oxygen atoms in total. The van der Waals surface area contributed by atoms with E-state index < -0.39 is 6.04 Å². The van der Waals surface area contributed by atoms with E-state index in [2.05, 4.69) is 5.32 Å². The number of benzene rings is 1. The van der Waals surface area contributed by atoms with Crippen LogP contribution >= 0.6 is 0 Å². The summed E-state index contributed by atoms with van der Waals surface area (Å²) in [6.07, 6.45) is 0.849. The minimum Gasteiger partial charge on any atom is -0.353 e. The minimum absolute atomic E-state index is 0.0420. The zero-order chi connectivity index (χ0) is 16.2. The molecule has 1 atom stereocenters. The molecular weight excluding hydrogens is 301 g/mol. The largest absolute Gasteiger partial charge is 0.353 e. The van der Waals surface area contributed by atoms with Crippen molar-refractivity contribution in [3.8, 4) is 0 Å². The molecule has 0 aromatic heterocycles. The van der Waals surface area contributed by atoms with Crippen LogP contribution in [0.4, 0.5) is 4.39 Å². The molecule has 0 aliphatic carbocycles. The van der Waals surface area contributed by atoms with Crippen LogP contribution in [-0.4, -0.2) is 54.1 Å². The number of hydrogen-bond donors (Lipinski definition) is 1. The summed E-state index contributed by atoms with van der Waals surface area (Å²) in [5, 5.41) is 4.10. The first-order valence-corrected chi connectivity index (χ1v) is 7.83. The summed E-state index contributed by atoms with van der Waals surface area (Å²) in [5.41, 5.74) is 0.525. The van der Waals surface area contributed by atoms with Gasteiger partial charge in [0.05, 0.1) is 25.6 Å². The van der Waals surface area contributed by atoms with Crippen LogP contribution in [0.15, 0.2) is 24.3 Å². The number of carbonyl (C=O) groups is 2. The number of hydrogen-bond acceptors (Lipinski definition) is 4. The molecule has 23 heavy (non-hydrogen) atoms. The van der Waals surface area contributed by atoms with Gasteiger partial charge in [0.15, 0.2) is 0 Å². The van der Waals surface area contributed by atoms with Crippen LogP contribution in [0.25, 0.3) is 0 Å². The van der Waals surface area contributed by atoms with Crippen LogP contribution in [0.1, 0.15) is 18.4 Å². The van der Waals surface area contributed by atoms with Crippen molar-refractivity contribution in [2.45, 2.75) is 25.4 Å². The highest BCUT2D eigenvalue weighted by Crippen LogP contribution is 2.18. The number of halogens is 1. The summed E-state index contributed by atoms with van der Waals surface area (Å²) in [6.45, 7) is 2.47. The fourth-order valence-electron chi connectivity index (χ4n) is 2.93. The number of nitrogens with zero attached hydrogens (tertiary/aromatic N) is 2. The molecule has 2 aliphatic heterocycles. The van der Waals surface area contributed by atoms with E-state index in [1.165, 1.54) is 11.1 Å². The van der Waals surface area contributed by atoms with Crippen LogP contribution in [0.5, 0.6) is 0 Å². The monoisotopic (exact) mass is 321 g/mol. The van der Waals surface area contributed by atoms with Crippen LogP contribution < -0.4 is 5.32 Å². The van der Waals surface area contributed by atoms with Gasteiger partial charge in [-0.15, -0.1) is 0 Å². The highest BCUT2D eigenvalue weighted by Gasteiger charge is 2.34. The second kappa shape index (κ2) is 7.06. The third-order valence-electron chi connectivity index (χ3n) is 4.17. The fourth-order valence-corrected chi connectivity index (χ4v) is 2.93. The smallest absolute Gasteiger partial charge is 0.248 e. The molecule has 124 valence electrons. The molecule has 2 saturated heterocycles. The Labute approximate surface area is 134 Å². The van der Waals surface area contributed by atoms with Gasteiger partial charge >= 0.3 is 0 Å². The molecule has 1 N–H and O–H groups in total. The van der Waals surface area contributed by atoms with E-state index in [0.29, 0.717) is 38.3 Å². The summed E-state index contributed by atoms with van der Waals surface area (Å²) in [6, 6.07) is 5.90. The first-order valence-electron chi connectivity index (χ1n) is 7.83. The van der Waals surface area contributed by atoms with Crippen molar-refractivity contribution < 1.29 is 18.8 Å². The van der Waals surface area contributed by atoms with E-state index in [-0.39, 0.29) is 24.1 Å². The average Bonchev–Trinajstić information content (AvgIpc) is 3.07. The molecule has 2 fully saturated rings. The van der Waals surface area contributed by atoms with E-state index in [1.54, 1.807) is 18.2 Å². The Balaban J connectivity index is 1.70. The summed E-state index contributed by atoms with van der Waals surface area (Å²) >= 11 is 0. The van der Waals surface area contributed by atoms with Crippen molar-refractivity contribution in [2.24, 2.45) is 0 Å². The number of carbonyl (C=O) groups excluding carboxylic acids is 2. The topological polar surface area (TPSA) is 61.9 Å². The van der Waals surface area contributed by atoms with Gasteiger partial charge in [0.1, 0.15) is 5.82 Å². The van der Waals surface area contributed by atoms with Crippen LogP contribution in [-0.2, 0) is 21.0 Å². The van der Waals surface area contributed by atoms with Crippen molar-refractivity contribution in [2.75, 3.05) is 26.2 Å². The Morgan fingerprint density at radius 3 is 2.91 bits per heavy atom. The Hall–Kier alpha value is -1.99. The molecule has 0 bridgehead atoms. The number of piperazine rings is 1. The molecular formula is C16H20FN3O3. The van der Waals surface area contributed by atoms with Crippen LogP contribution in [0.2, 0.25) is 0 Å². The maximum absolute atomic E-state index is 13.9. The normalized spacial score (nSPS) is 22.2. The lowest BCUT2D eigenvalue weighted by molar-refractivity contribution is -0.171. The molecule has 0 spiro atoms. The highest BCUT2D eigenvalue weighted by atomic mass is 19.1. The van der Waals surface area contributed by atoms with Gasteiger partial charge in [-0.25, -0.2) is 9.45 Å². The molecule has 0 radical (unpaired) electrons. The standard InChI is InChI=1S/C16H20FN3O3/c17-13-5-2-1-4-12(13)11-19-8-6-18-16(22)14(19)10-15(21)20-7-3-9-23-20/h1-2,4-5,14H,3,6-11H2,(H,18,22). The van der Waals surface area contributed by atoms with E-state index >= 15 is 0 Å². The lowest BCUT2D eigenvalue weighted by Crippen LogP contribution is -2.56. The van der Waals surface area contributed by atoms with Gasteiger partial charge in [0.2, 0.25) is 11.8 Å². The Bertz CT molecular complexity index is 590. The van der Waals surface area contributed by atoms with Crippen molar-refractivity contribution in [1.82, 2.24) is 15.3 Å². The Morgan fingerprint density at radius 1 is 1.35 bits per heavy atom. The van der Waals surface area contributed by atoms with Gasteiger partial charge in [-0.05, 0) is 12.5 Å². The minimum atomic E-state index is -0.597. The van der Waals surface area contributed by atoms with Crippen LogP contribution in [0.3, 0.4) is 0 Å². The first kappa shape index (κ1) is 15.9. The maximum atomic E-state index is 13.9. The third kappa shape index (κ3) is 3.68. The second-order valence-corrected chi connectivity index (χ2v) is 5.76. The number of hydroxylamine groups is 2. The summed E-state index contributed by atoms with van der Waals surface area (Å²) in [7, 11) is 0. The van der Waals surface area contributed by atoms with Gasteiger partial charge in [0, 0.05) is 25.2 Å². The predicted molar refractivity (Wildman–Crippen MR) is 80.5 cm³/mol. The molecule has 2 heterocycles. The average molecular weight is 321 g/mol. The van der Waals surface area contributed by atoms with Crippen molar-refractivity contribution in [3.05, 3.63) is 35.6 Å². The van der Waals surface area contributed by atoms with Gasteiger partial charge < -0.3 is 5.32 Å². The molecule has 1 aromatic carbocycles. The fraction of sp³-hybridized carbons (Fsp3) is 0.500. The predicted octanol–water partition coefficient (Wildman–Crippen LogP) is 0.680. The lowest BCUT2D eigenvalue weighted by Gasteiger charge is -2.35. The van der Waals surface area contributed by atoms with Gasteiger partial charge in [-0.3, -0.25) is 19.3 Å². The zero-order valence-corrected chi connectivity index (χ0v) is 12.8. The van der Waals surface area contributed by atoms with E-state index in [0.717, 1.165) is 6.42 Å². The Morgan fingerprint density at radius 2 is 2.17 bits per heavy atom. The number of rotatable bonds is 4. The van der Waals surface area contributed by atoms with Gasteiger partial charge in [-0.1, -0.05) is 18.2 Å². The van der Waals surface area contributed by atoms with E-state index in [4.69, 9.17) is 4.84 Å². The molecule has 7 heteroatoms. The maximum Gasteiger partial charge on any atom is 0.248 e. The summed E-state index contributed by atoms with van der Waals surface area (Å²) < 4.78 is 13.9. The first-order chi connectivity index (χ1) is 11.1. The summed E-state index contributed by atoms with van der Waals surface area (Å²) in [4.78, 5) is 31.5. The molecule has 0 saturated carbocycles. The SMILES string of the molecule is O=C1NCCN(Cc2ccccc2F)C1CC(=O)N1CCCO1. The molecule has 1 unspecified atom stereocenters. The van der Waals surface area contributed by atoms with Gasteiger partial charge in [-0.2, -0.15) is 0 Å². The second-order valence-electron chi connectivity index (χ2n) is 5.76. The zero-order valence-electron chi connectivity index (χ0n) is 12.8. The quantitative estimate of drug-likeness (QED) is 0.886. The van der Waals surface area contributed by atoms with E-state index in [1.807, 2.05) is 4.90 Å². The van der Waals surface area contributed by atoms with Crippen molar-refractivity contribution in [3.63, 3.8) is 0 Å². The van der Waals surface area contributed by atoms with Crippen molar-refractivity contribution >= 4 is 11.8 Å². The third-order valence-corrected chi connectivity index (χ3v) is 4.17. The lowest BCUT2D eigenvalue weighted by atomic mass is 10.1. The molecule has 1 aromatic rings. The summed E-state index contributed by atoms with van der Waals surface area (Å²) in [5.74, 6) is -0.699. The molecule has 2 amide bonds. The van der Waals surface area contributed by atoms with E-state index in [9.17, 15) is 14.0 Å². The van der Waals surface area contributed by atoms with Crippen LogP contribution in [0, 0.1) is 5.82 Å². The van der Waals surface area contributed by atoms with Crippen molar-refractivity contribution in [1.29, 1.82) is 0 Å². The molecule has 2 aliphatic rings. The van der Waals surface area contributed by atoms with Gasteiger partial charge in [0.25, 0.3) is 0 Å². The highest BCUT2D eigenvalue weighted by molar-refractivity contribution is 5.88. The number of amides is 2. The Kier molecular flexibility index (Phi) is 4.88.